The van der Waals surface area contributed by atoms with E-state index >= 15 is 0 Å². The van der Waals surface area contributed by atoms with Gasteiger partial charge in [0, 0.05) is 6.07 Å². The molecule has 0 aliphatic heterocycles. The molecular formula is C11H12ClNO5. The monoisotopic (exact) mass is 273 g/mol. The summed E-state index contributed by atoms with van der Waals surface area (Å²) in [5, 5.41) is 9.27. The van der Waals surface area contributed by atoms with Gasteiger partial charge in [-0.2, -0.15) is 0 Å². The van der Waals surface area contributed by atoms with Crippen molar-refractivity contribution in [2.45, 2.75) is 13.8 Å². The first-order valence-corrected chi connectivity index (χ1v) is 5.62. The van der Waals surface area contributed by atoms with Gasteiger partial charge in [-0.1, -0.05) is 11.6 Å². The molecule has 6 nitrogen and oxygen atoms in total. The lowest BCUT2D eigenvalue weighted by atomic mass is 10.2. The Labute approximate surface area is 108 Å². The normalized spacial score (nSPS) is 9.94. The summed E-state index contributed by atoms with van der Waals surface area (Å²) in [5.74, 6) is -2.00. The Morgan fingerprint density at radius 1 is 1.28 bits per heavy atom. The van der Waals surface area contributed by atoms with Crippen molar-refractivity contribution in [2.24, 2.45) is 0 Å². The number of rotatable bonds is 4. The van der Waals surface area contributed by atoms with E-state index < -0.39 is 17.7 Å². The molecule has 0 saturated carbocycles. The fraction of sp³-hybridized carbons (Fsp3) is 0.364. The van der Waals surface area contributed by atoms with E-state index in [9.17, 15) is 14.7 Å². The highest BCUT2D eigenvalue weighted by Crippen LogP contribution is 2.27. The highest BCUT2D eigenvalue weighted by molar-refractivity contribution is 6.34. The molecule has 0 aliphatic rings. The Kier molecular flexibility index (Phi) is 4.91. The molecule has 0 spiro atoms. The van der Waals surface area contributed by atoms with Crippen LogP contribution in [0.5, 0.6) is 5.75 Å². The van der Waals surface area contributed by atoms with Crippen LogP contribution in [-0.2, 0) is 9.47 Å². The summed E-state index contributed by atoms with van der Waals surface area (Å²) in [6.07, 6.45) is 0. The average molecular weight is 274 g/mol. The van der Waals surface area contributed by atoms with Gasteiger partial charge in [0.1, 0.15) is 10.8 Å². The number of hydrogen-bond donors (Lipinski definition) is 1. The molecule has 7 heteroatoms. The molecule has 0 bridgehead atoms. The lowest BCUT2D eigenvalue weighted by Gasteiger charge is -2.07. The van der Waals surface area contributed by atoms with Crippen LogP contribution >= 0.6 is 11.6 Å². The molecule has 0 aromatic carbocycles. The molecule has 1 heterocycles. The fourth-order valence-electron chi connectivity index (χ4n) is 1.16. The number of carbonyl (C=O) groups is 2. The summed E-state index contributed by atoms with van der Waals surface area (Å²) in [7, 11) is 0. The SMILES string of the molecule is CCOC(=O)c1cc(O)c(Cl)c(C(=O)OCC)n1. The van der Waals surface area contributed by atoms with Crippen molar-refractivity contribution in [1.29, 1.82) is 0 Å². The molecule has 1 aromatic heterocycles. The summed E-state index contributed by atoms with van der Waals surface area (Å²) in [6, 6.07) is 1.03. The summed E-state index contributed by atoms with van der Waals surface area (Å²) in [4.78, 5) is 26.7. The molecule has 0 radical (unpaired) electrons. The van der Waals surface area contributed by atoms with Crippen molar-refractivity contribution in [1.82, 2.24) is 4.98 Å². The Balaban J connectivity index is 3.18. The number of carbonyl (C=O) groups excluding carboxylic acids is 2. The highest BCUT2D eigenvalue weighted by Gasteiger charge is 2.21. The molecule has 0 aliphatic carbocycles. The number of ether oxygens (including phenoxy) is 2. The fourth-order valence-corrected chi connectivity index (χ4v) is 1.33. The van der Waals surface area contributed by atoms with E-state index in [4.69, 9.17) is 21.1 Å². The molecule has 0 amide bonds. The van der Waals surface area contributed by atoms with Crippen LogP contribution in [0.4, 0.5) is 0 Å². The summed E-state index contributed by atoms with van der Waals surface area (Å²) in [5.41, 5.74) is -0.525. The predicted octanol–water partition coefficient (Wildman–Crippen LogP) is 1.79. The van der Waals surface area contributed by atoms with Crippen LogP contribution in [0, 0.1) is 0 Å². The first-order chi connectivity index (χ1) is 8.51. The Hall–Kier alpha value is -1.82. The third-order valence-electron chi connectivity index (χ3n) is 1.89. The summed E-state index contributed by atoms with van der Waals surface area (Å²) < 4.78 is 9.42. The largest absolute Gasteiger partial charge is 0.506 e. The van der Waals surface area contributed by atoms with Gasteiger partial charge in [0.2, 0.25) is 0 Å². The Bertz CT molecular complexity index is 475. The topological polar surface area (TPSA) is 85.7 Å². The van der Waals surface area contributed by atoms with Gasteiger partial charge < -0.3 is 14.6 Å². The van der Waals surface area contributed by atoms with Crippen molar-refractivity contribution in [3.05, 3.63) is 22.5 Å². The van der Waals surface area contributed by atoms with Crippen LogP contribution in [-0.4, -0.2) is 35.2 Å². The van der Waals surface area contributed by atoms with Crippen molar-refractivity contribution in [3.63, 3.8) is 0 Å². The summed E-state index contributed by atoms with van der Waals surface area (Å²) >= 11 is 5.71. The minimum Gasteiger partial charge on any atom is -0.506 e. The van der Waals surface area contributed by atoms with Gasteiger partial charge in [-0.3, -0.25) is 0 Å². The maximum atomic E-state index is 11.5. The van der Waals surface area contributed by atoms with E-state index in [-0.39, 0.29) is 29.6 Å². The number of halogens is 1. The van der Waals surface area contributed by atoms with E-state index in [0.29, 0.717) is 0 Å². The third-order valence-corrected chi connectivity index (χ3v) is 2.26. The molecule has 0 unspecified atom stereocenters. The van der Waals surface area contributed by atoms with Gasteiger partial charge in [0.05, 0.1) is 13.2 Å². The maximum Gasteiger partial charge on any atom is 0.358 e. The maximum absolute atomic E-state index is 11.5. The van der Waals surface area contributed by atoms with Crippen LogP contribution < -0.4 is 0 Å². The van der Waals surface area contributed by atoms with Crippen LogP contribution in [0.25, 0.3) is 0 Å². The van der Waals surface area contributed by atoms with Crippen LogP contribution in [0.1, 0.15) is 34.8 Å². The van der Waals surface area contributed by atoms with E-state index in [1.807, 2.05) is 0 Å². The minimum absolute atomic E-state index is 0.126. The van der Waals surface area contributed by atoms with Gasteiger partial charge in [-0.05, 0) is 13.8 Å². The number of hydrogen-bond acceptors (Lipinski definition) is 6. The zero-order chi connectivity index (χ0) is 13.7. The molecule has 0 saturated heterocycles. The molecular weight excluding hydrogens is 262 g/mol. The van der Waals surface area contributed by atoms with Crippen molar-refractivity contribution >= 4 is 23.5 Å². The standard InChI is InChI=1S/C11H12ClNO5/c1-3-17-10(15)6-5-7(14)8(12)9(13-6)11(16)18-4-2/h5H,3-4H2,1-2H3,(H,13,14). The van der Waals surface area contributed by atoms with Gasteiger partial charge in [0.15, 0.2) is 11.4 Å². The number of pyridine rings is 1. The van der Waals surface area contributed by atoms with Gasteiger partial charge >= 0.3 is 11.9 Å². The second-order valence-corrected chi connectivity index (χ2v) is 3.51. The lowest BCUT2D eigenvalue weighted by molar-refractivity contribution is 0.0510. The van der Waals surface area contributed by atoms with E-state index in [1.165, 1.54) is 0 Å². The highest BCUT2D eigenvalue weighted by atomic mass is 35.5. The lowest BCUT2D eigenvalue weighted by Crippen LogP contribution is -2.13. The molecule has 0 atom stereocenters. The van der Waals surface area contributed by atoms with Crippen LogP contribution in [0.2, 0.25) is 5.02 Å². The van der Waals surface area contributed by atoms with E-state index in [1.54, 1.807) is 13.8 Å². The van der Waals surface area contributed by atoms with E-state index in [0.717, 1.165) is 6.07 Å². The summed E-state index contributed by atoms with van der Waals surface area (Å²) in [6.45, 7) is 3.51. The average Bonchev–Trinajstić information content (AvgIpc) is 2.32. The second-order valence-electron chi connectivity index (χ2n) is 3.13. The number of aromatic nitrogens is 1. The van der Waals surface area contributed by atoms with E-state index in [2.05, 4.69) is 4.98 Å². The second kappa shape index (κ2) is 6.20. The van der Waals surface area contributed by atoms with Gasteiger partial charge in [-0.15, -0.1) is 0 Å². The first kappa shape index (κ1) is 14.2. The third kappa shape index (κ3) is 3.10. The van der Waals surface area contributed by atoms with Crippen molar-refractivity contribution < 1.29 is 24.2 Å². The number of nitrogens with zero attached hydrogens (tertiary/aromatic N) is 1. The minimum atomic E-state index is -0.816. The Morgan fingerprint density at radius 2 is 1.83 bits per heavy atom. The number of aromatic hydroxyl groups is 1. The molecule has 1 aromatic rings. The van der Waals surface area contributed by atoms with Gasteiger partial charge in [-0.25, -0.2) is 14.6 Å². The zero-order valence-electron chi connectivity index (χ0n) is 9.90. The van der Waals surface area contributed by atoms with Gasteiger partial charge in [0.25, 0.3) is 0 Å². The molecule has 18 heavy (non-hydrogen) atoms. The molecule has 1 rings (SSSR count). The molecule has 98 valence electrons. The molecule has 0 fully saturated rings. The van der Waals surface area contributed by atoms with Crippen molar-refractivity contribution in [3.8, 4) is 5.75 Å². The van der Waals surface area contributed by atoms with Crippen molar-refractivity contribution in [2.75, 3.05) is 13.2 Å². The van der Waals surface area contributed by atoms with Crippen LogP contribution in [0.15, 0.2) is 6.07 Å². The first-order valence-electron chi connectivity index (χ1n) is 5.25. The smallest absolute Gasteiger partial charge is 0.358 e. The Morgan fingerprint density at radius 3 is 2.39 bits per heavy atom. The molecule has 1 N–H and O–H groups in total. The number of esters is 2. The zero-order valence-corrected chi connectivity index (χ0v) is 10.7. The van der Waals surface area contributed by atoms with Crippen LogP contribution in [0.3, 0.4) is 0 Å². The predicted molar refractivity (Wildman–Crippen MR) is 62.8 cm³/mol. The quantitative estimate of drug-likeness (QED) is 0.842.